The third kappa shape index (κ3) is 4.20. The van der Waals surface area contributed by atoms with E-state index in [4.69, 9.17) is 16.7 Å². The second-order valence-electron chi connectivity index (χ2n) is 3.09. The molecule has 0 radical (unpaired) electrons. The number of hydrogen-bond donors (Lipinski definition) is 1. The van der Waals surface area contributed by atoms with Crippen molar-refractivity contribution >= 4 is 17.5 Å². The average Bonchev–Trinajstić information content (AvgIpc) is 2.28. The number of aliphatic hydroxyl groups excluding tert-OH is 1. The molecule has 1 aromatic heterocycles. The molecule has 0 aliphatic carbocycles. The minimum absolute atomic E-state index is 0.0940. The molecule has 1 heterocycles. The summed E-state index contributed by atoms with van der Waals surface area (Å²) in [7, 11) is 0. The van der Waals surface area contributed by atoms with Crippen LogP contribution >= 0.6 is 11.6 Å². The lowest BCUT2D eigenvalue weighted by Crippen LogP contribution is -2.37. The Morgan fingerprint density at radius 1 is 1.47 bits per heavy atom. The molecular formula is C9H10ClF2N3O2. The number of aromatic nitrogens is 2. The quantitative estimate of drug-likeness (QED) is 0.856. The zero-order chi connectivity index (χ0) is 12.8. The standard InChI is InChI=1S/C9H10ClF2N3O2/c10-7-4-13-6(3-14-7)9(17)15(1-2-16)5-8(11)12/h3-4,8,16H,1-2,5H2. The van der Waals surface area contributed by atoms with Crippen LogP contribution < -0.4 is 0 Å². The van der Waals surface area contributed by atoms with Crippen LogP contribution in [-0.4, -0.2) is 52.0 Å². The summed E-state index contributed by atoms with van der Waals surface area (Å²) in [5, 5.41) is 8.79. The van der Waals surface area contributed by atoms with Crippen molar-refractivity contribution in [3.05, 3.63) is 23.2 Å². The minimum Gasteiger partial charge on any atom is -0.395 e. The average molecular weight is 266 g/mol. The molecule has 0 unspecified atom stereocenters. The fourth-order valence-electron chi connectivity index (χ4n) is 1.15. The number of hydrogen-bond acceptors (Lipinski definition) is 4. The second kappa shape index (κ2) is 6.41. The van der Waals surface area contributed by atoms with Crippen LogP contribution in [0.1, 0.15) is 10.5 Å². The molecule has 0 atom stereocenters. The molecule has 0 spiro atoms. The zero-order valence-corrected chi connectivity index (χ0v) is 9.44. The van der Waals surface area contributed by atoms with Crippen LogP contribution in [0.2, 0.25) is 5.15 Å². The van der Waals surface area contributed by atoms with Gasteiger partial charge in [-0.1, -0.05) is 11.6 Å². The molecular weight excluding hydrogens is 256 g/mol. The van der Waals surface area contributed by atoms with Crippen LogP contribution in [0.15, 0.2) is 12.4 Å². The first-order chi connectivity index (χ1) is 8.04. The second-order valence-corrected chi connectivity index (χ2v) is 3.48. The Balaban J connectivity index is 2.79. The number of carbonyl (C=O) groups is 1. The van der Waals surface area contributed by atoms with Gasteiger partial charge in [0.25, 0.3) is 12.3 Å². The molecule has 0 saturated carbocycles. The van der Waals surface area contributed by atoms with E-state index in [9.17, 15) is 13.6 Å². The molecule has 0 aliphatic heterocycles. The van der Waals surface area contributed by atoms with Crippen molar-refractivity contribution in [1.82, 2.24) is 14.9 Å². The monoisotopic (exact) mass is 265 g/mol. The highest BCUT2D eigenvalue weighted by atomic mass is 35.5. The van der Waals surface area contributed by atoms with Gasteiger partial charge in [-0.2, -0.15) is 0 Å². The molecule has 0 aliphatic rings. The Labute approximate surface area is 101 Å². The van der Waals surface area contributed by atoms with Gasteiger partial charge in [0.1, 0.15) is 10.8 Å². The summed E-state index contributed by atoms with van der Waals surface area (Å²) >= 11 is 5.48. The van der Waals surface area contributed by atoms with Crippen molar-refractivity contribution in [3.8, 4) is 0 Å². The molecule has 0 bridgehead atoms. The highest BCUT2D eigenvalue weighted by molar-refractivity contribution is 6.29. The number of amides is 1. The number of halogens is 3. The molecule has 1 rings (SSSR count). The molecule has 1 aromatic rings. The van der Waals surface area contributed by atoms with Crippen LogP contribution in [0.25, 0.3) is 0 Å². The lowest BCUT2D eigenvalue weighted by atomic mass is 10.3. The first kappa shape index (κ1) is 13.7. The van der Waals surface area contributed by atoms with Crippen LogP contribution in [0.4, 0.5) is 8.78 Å². The molecule has 8 heteroatoms. The van der Waals surface area contributed by atoms with Crippen molar-refractivity contribution < 1.29 is 18.7 Å². The maximum absolute atomic E-state index is 12.2. The Morgan fingerprint density at radius 3 is 2.65 bits per heavy atom. The summed E-state index contributed by atoms with van der Waals surface area (Å²) < 4.78 is 24.4. The number of alkyl halides is 2. The zero-order valence-electron chi connectivity index (χ0n) is 8.68. The Kier molecular flexibility index (Phi) is 5.17. The van der Waals surface area contributed by atoms with Crippen molar-refractivity contribution in [2.75, 3.05) is 19.7 Å². The number of rotatable bonds is 5. The van der Waals surface area contributed by atoms with Gasteiger partial charge in [-0.25, -0.2) is 18.7 Å². The van der Waals surface area contributed by atoms with Crippen LogP contribution in [0.3, 0.4) is 0 Å². The van der Waals surface area contributed by atoms with Gasteiger partial charge in [0.15, 0.2) is 0 Å². The van der Waals surface area contributed by atoms with Gasteiger partial charge < -0.3 is 10.0 Å². The maximum atomic E-state index is 12.2. The first-order valence-corrected chi connectivity index (χ1v) is 5.08. The van der Waals surface area contributed by atoms with E-state index < -0.39 is 25.5 Å². The van der Waals surface area contributed by atoms with E-state index in [2.05, 4.69) is 9.97 Å². The fraction of sp³-hybridized carbons (Fsp3) is 0.444. The molecule has 1 amide bonds. The van der Waals surface area contributed by atoms with Gasteiger partial charge >= 0.3 is 0 Å². The van der Waals surface area contributed by atoms with Crippen molar-refractivity contribution in [3.63, 3.8) is 0 Å². The third-order valence-corrected chi connectivity index (χ3v) is 2.05. The van der Waals surface area contributed by atoms with Crippen LogP contribution in [-0.2, 0) is 0 Å². The molecule has 94 valence electrons. The van der Waals surface area contributed by atoms with Crippen LogP contribution in [0.5, 0.6) is 0 Å². The summed E-state index contributed by atoms with van der Waals surface area (Å²) in [6, 6.07) is 0. The van der Waals surface area contributed by atoms with E-state index in [1.807, 2.05) is 0 Å². The number of nitrogens with zero attached hydrogens (tertiary/aromatic N) is 3. The lowest BCUT2D eigenvalue weighted by molar-refractivity contribution is 0.0504. The Bertz CT molecular complexity index is 375. The third-order valence-electron chi connectivity index (χ3n) is 1.85. The molecule has 0 fully saturated rings. The summed E-state index contributed by atoms with van der Waals surface area (Å²) in [6.45, 7) is -1.35. The smallest absolute Gasteiger partial charge is 0.274 e. The van der Waals surface area contributed by atoms with Crippen molar-refractivity contribution in [2.45, 2.75) is 6.43 Å². The molecule has 5 nitrogen and oxygen atoms in total. The van der Waals surface area contributed by atoms with Gasteiger partial charge in [0.2, 0.25) is 0 Å². The molecule has 1 N–H and O–H groups in total. The molecule has 0 saturated heterocycles. The van der Waals surface area contributed by atoms with E-state index >= 15 is 0 Å². The lowest BCUT2D eigenvalue weighted by Gasteiger charge is -2.20. The highest BCUT2D eigenvalue weighted by Gasteiger charge is 2.20. The van der Waals surface area contributed by atoms with Crippen molar-refractivity contribution in [1.29, 1.82) is 0 Å². The van der Waals surface area contributed by atoms with Crippen LogP contribution in [0, 0.1) is 0 Å². The summed E-state index contributed by atoms with van der Waals surface area (Å²) in [5.74, 6) is -0.719. The predicted octanol–water partition coefficient (Wildman–Crippen LogP) is 0.830. The Morgan fingerprint density at radius 2 is 2.18 bits per heavy atom. The summed E-state index contributed by atoms with van der Waals surface area (Å²) in [6.07, 6.45) is -0.430. The van der Waals surface area contributed by atoms with Gasteiger partial charge in [-0.3, -0.25) is 4.79 Å². The largest absolute Gasteiger partial charge is 0.395 e. The van der Waals surface area contributed by atoms with Crippen molar-refractivity contribution in [2.24, 2.45) is 0 Å². The van der Waals surface area contributed by atoms with E-state index in [-0.39, 0.29) is 17.4 Å². The fourth-order valence-corrected chi connectivity index (χ4v) is 1.25. The van der Waals surface area contributed by atoms with E-state index in [0.717, 1.165) is 17.3 Å². The van der Waals surface area contributed by atoms with Gasteiger partial charge in [0, 0.05) is 6.54 Å². The van der Waals surface area contributed by atoms with E-state index in [0.29, 0.717) is 0 Å². The number of aliphatic hydroxyl groups is 1. The van der Waals surface area contributed by atoms with Gasteiger partial charge in [-0.15, -0.1) is 0 Å². The highest BCUT2D eigenvalue weighted by Crippen LogP contribution is 2.06. The summed E-state index contributed by atoms with van der Waals surface area (Å²) in [4.78, 5) is 19.8. The maximum Gasteiger partial charge on any atom is 0.274 e. The normalized spacial score (nSPS) is 10.6. The summed E-state index contributed by atoms with van der Waals surface area (Å²) in [5.41, 5.74) is -0.0940. The first-order valence-electron chi connectivity index (χ1n) is 4.70. The SMILES string of the molecule is O=C(c1cnc(Cl)cn1)N(CCO)CC(F)F. The van der Waals surface area contributed by atoms with E-state index in [1.54, 1.807) is 0 Å². The minimum atomic E-state index is -2.68. The van der Waals surface area contributed by atoms with E-state index in [1.165, 1.54) is 0 Å². The van der Waals surface area contributed by atoms with Gasteiger partial charge in [-0.05, 0) is 0 Å². The Hall–Kier alpha value is -1.34. The molecule has 17 heavy (non-hydrogen) atoms. The predicted molar refractivity (Wildman–Crippen MR) is 56.0 cm³/mol. The topological polar surface area (TPSA) is 66.3 Å². The number of carbonyl (C=O) groups excluding carboxylic acids is 1. The molecule has 0 aromatic carbocycles. The van der Waals surface area contributed by atoms with Gasteiger partial charge in [0.05, 0.1) is 25.5 Å².